The van der Waals surface area contributed by atoms with E-state index in [1.165, 1.54) is 6.07 Å². The molecule has 1 aromatic rings. The molecule has 1 heterocycles. The average Bonchev–Trinajstić information content (AvgIpc) is 2.80. The van der Waals surface area contributed by atoms with Crippen LogP contribution in [-0.4, -0.2) is 33.2 Å². The molecular formula is C18H24FNO3. The van der Waals surface area contributed by atoms with Crippen LogP contribution in [0.5, 0.6) is 5.75 Å². The number of hydrogen-bond acceptors (Lipinski definition) is 3. The van der Waals surface area contributed by atoms with Gasteiger partial charge in [-0.25, -0.2) is 4.39 Å². The number of aliphatic hydroxyl groups is 1. The molecule has 23 heavy (non-hydrogen) atoms. The number of carbonyl (C=O) groups is 1. The van der Waals surface area contributed by atoms with Crippen molar-refractivity contribution in [1.29, 1.82) is 0 Å². The molecule has 0 unspecified atom stereocenters. The van der Waals surface area contributed by atoms with Crippen LogP contribution in [0.3, 0.4) is 0 Å². The van der Waals surface area contributed by atoms with Crippen molar-refractivity contribution in [3.63, 3.8) is 0 Å². The van der Waals surface area contributed by atoms with Crippen LogP contribution in [0.2, 0.25) is 0 Å². The summed E-state index contributed by atoms with van der Waals surface area (Å²) in [6, 6.07) is 2.93. The second kappa shape index (κ2) is 5.78. The monoisotopic (exact) mass is 321 g/mol. The van der Waals surface area contributed by atoms with Gasteiger partial charge in [-0.3, -0.25) is 4.79 Å². The minimum absolute atomic E-state index is 0.0233. The average molecular weight is 321 g/mol. The summed E-state index contributed by atoms with van der Waals surface area (Å²) in [6.45, 7) is 4.74. The summed E-state index contributed by atoms with van der Waals surface area (Å²) >= 11 is 0. The van der Waals surface area contributed by atoms with Gasteiger partial charge in [0.05, 0.1) is 11.2 Å². The number of rotatable bonds is 3. The third-order valence-electron chi connectivity index (χ3n) is 5.39. The number of amides is 1. The van der Waals surface area contributed by atoms with Crippen LogP contribution >= 0.6 is 0 Å². The first-order valence-electron chi connectivity index (χ1n) is 8.29. The van der Waals surface area contributed by atoms with E-state index in [2.05, 4.69) is 0 Å². The van der Waals surface area contributed by atoms with Gasteiger partial charge in [-0.05, 0) is 63.0 Å². The third-order valence-corrected chi connectivity index (χ3v) is 5.39. The molecule has 2 N–H and O–H groups in total. The predicted molar refractivity (Wildman–Crippen MR) is 84.6 cm³/mol. The third kappa shape index (κ3) is 3.07. The number of nitrogens with zero attached hydrogens (tertiary/aromatic N) is 1. The van der Waals surface area contributed by atoms with Gasteiger partial charge in [-0.1, -0.05) is 6.07 Å². The SMILES string of the molecule is CC(C)(O)[C@H]1CC[C@H](CN2Cc3ccc(O)c(F)c3C2=O)CC1. The minimum Gasteiger partial charge on any atom is -0.505 e. The lowest BCUT2D eigenvalue weighted by atomic mass is 9.75. The number of halogens is 1. The van der Waals surface area contributed by atoms with Gasteiger partial charge >= 0.3 is 0 Å². The number of phenolic OH excluding ortho intramolecular Hbond substituents is 1. The fourth-order valence-electron chi connectivity index (χ4n) is 3.91. The Morgan fingerprint density at radius 3 is 2.52 bits per heavy atom. The van der Waals surface area contributed by atoms with E-state index < -0.39 is 17.2 Å². The zero-order valence-electron chi connectivity index (χ0n) is 13.7. The van der Waals surface area contributed by atoms with Crippen molar-refractivity contribution < 1.29 is 19.4 Å². The van der Waals surface area contributed by atoms with Crippen molar-refractivity contribution in [3.05, 3.63) is 29.1 Å². The summed E-state index contributed by atoms with van der Waals surface area (Å²) in [5.41, 5.74) is 0.0244. The number of hydrogen-bond donors (Lipinski definition) is 2. The molecule has 1 aromatic carbocycles. The number of carbonyl (C=O) groups excluding carboxylic acids is 1. The molecule has 0 saturated heterocycles. The molecular weight excluding hydrogens is 297 g/mol. The molecule has 0 aromatic heterocycles. The molecule has 0 bridgehead atoms. The Labute approximate surface area is 135 Å². The Kier molecular flexibility index (Phi) is 4.08. The quantitative estimate of drug-likeness (QED) is 0.899. The molecule has 1 aliphatic heterocycles. The molecule has 5 heteroatoms. The summed E-state index contributed by atoms with van der Waals surface area (Å²) in [5.74, 6) is -0.897. The maximum absolute atomic E-state index is 14.0. The normalized spacial score (nSPS) is 24.9. The lowest BCUT2D eigenvalue weighted by molar-refractivity contribution is -0.00801. The molecule has 0 radical (unpaired) electrons. The van der Waals surface area contributed by atoms with Gasteiger partial charge in [-0.15, -0.1) is 0 Å². The molecule has 3 rings (SSSR count). The molecule has 1 aliphatic carbocycles. The Hall–Kier alpha value is -1.62. The second-order valence-electron chi connectivity index (χ2n) is 7.49. The van der Waals surface area contributed by atoms with E-state index in [9.17, 15) is 19.4 Å². The molecule has 1 saturated carbocycles. The Morgan fingerprint density at radius 2 is 1.91 bits per heavy atom. The highest BCUT2D eigenvalue weighted by Crippen LogP contribution is 2.37. The zero-order valence-corrected chi connectivity index (χ0v) is 13.7. The zero-order chi connectivity index (χ0) is 16.8. The molecule has 2 aliphatic rings. The highest BCUT2D eigenvalue weighted by molar-refractivity contribution is 5.99. The van der Waals surface area contributed by atoms with E-state index in [0.29, 0.717) is 30.5 Å². The van der Waals surface area contributed by atoms with Crippen LogP contribution in [0.25, 0.3) is 0 Å². The van der Waals surface area contributed by atoms with Gasteiger partial charge in [0.1, 0.15) is 0 Å². The first-order chi connectivity index (χ1) is 10.8. The van der Waals surface area contributed by atoms with Crippen LogP contribution in [0.1, 0.15) is 55.5 Å². The maximum atomic E-state index is 14.0. The van der Waals surface area contributed by atoms with Crippen molar-refractivity contribution in [2.75, 3.05) is 6.54 Å². The van der Waals surface area contributed by atoms with Crippen LogP contribution in [-0.2, 0) is 6.54 Å². The van der Waals surface area contributed by atoms with Crippen molar-refractivity contribution in [3.8, 4) is 5.75 Å². The fourth-order valence-corrected chi connectivity index (χ4v) is 3.91. The summed E-state index contributed by atoms with van der Waals surface area (Å²) in [4.78, 5) is 14.1. The number of fused-ring (bicyclic) bond motifs is 1. The predicted octanol–water partition coefficient (Wildman–Crippen LogP) is 3.06. The fraction of sp³-hybridized carbons (Fsp3) is 0.611. The lowest BCUT2D eigenvalue weighted by Crippen LogP contribution is -2.37. The maximum Gasteiger partial charge on any atom is 0.257 e. The first-order valence-corrected chi connectivity index (χ1v) is 8.29. The van der Waals surface area contributed by atoms with E-state index in [1.807, 2.05) is 13.8 Å². The van der Waals surface area contributed by atoms with Crippen LogP contribution in [0.4, 0.5) is 4.39 Å². The number of aromatic hydroxyl groups is 1. The summed E-state index contributed by atoms with van der Waals surface area (Å²) in [6.07, 6.45) is 3.86. The Morgan fingerprint density at radius 1 is 1.26 bits per heavy atom. The first kappa shape index (κ1) is 16.2. The van der Waals surface area contributed by atoms with Gasteiger partial charge < -0.3 is 15.1 Å². The molecule has 4 nitrogen and oxygen atoms in total. The summed E-state index contributed by atoms with van der Waals surface area (Å²) in [5, 5.41) is 19.5. The second-order valence-corrected chi connectivity index (χ2v) is 7.49. The standard InChI is InChI=1S/C18H24FNO3/c1-18(2,23)13-6-3-11(4-7-13)9-20-10-12-5-8-14(21)16(19)15(12)17(20)22/h5,8,11,13,21,23H,3-4,6-7,9-10H2,1-2H3/t11-,13-. The molecule has 1 amide bonds. The number of phenols is 1. The highest BCUT2D eigenvalue weighted by atomic mass is 19.1. The van der Waals surface area contributed by atoms with Gasteiger partial charge in [0.2, 0.25) is 0 Å². The largest absolute Gasteiger partial charge is 0.505 e. The Balaban J connectivity index is 1.63. The van der Waals surface area contributed by atoms with Gasteiger partial charge in [-0.2, -0.15) is 0 Å². The van der Waals surface area contributed by atoms with E-state index in [-0.39, 0.29) is 11.5 Å². The van der Waals surface area contributed by atoms with E-state index in [4.69, 9.17) is 0 Å². The van der Waals surface area contributed by atoms with Crippen LogP contribution in [0, 0.1) is 17.7 Å². The molecule has 0 spiro atoms. The van der Waals surface area contributed by atoms with Gasteiger partial charge in [0.15, 0.2) is 11.6 Å². The van der Waals surface area contributed by atoms with Crippen molar-refractivity contribution >= 4 is 5.91 Å². The summed E-state index contributed by atoms with van der Waals surface area (Å²) in [7, 11) is 0. The Bertz CT molecular complexity index is 615. The van der Waals surface area contributed by atoms with Crippen molar-refractivity contribution in [2.24, 2.45) is 11.8 Å². The highest BCUT2D eigenvalue weighted by Gasteiger charge is 2.36. The minimum atomic E-state index is -0.805. The van der Waals surface area contributed by atoms with E-state index >= 15 is 0 Å². The van der Waals surface area contributed by atoms with Crippen molar-refractivity contribution in [2.45, 2.75) is 51.7 Å². The lowest BCUT2D eigenvalue weighted by Gasteiger charge is -2.36. The molecule has 1 fully saturated rings. The van der Waals surface area contributed by atoms with Crippen LogP contribution in [0.15, 0.2) is 12.1 Å². The topological polar surface area (TPSA) is 60.8 Å². The smallest absolute Gasteiger partial charge is 0.257 e. The number of benzene rings is 1. The van der Waals surface area contributed by atoms with Gasteiger partial charge in [0.25, 0.3) is 5.91 Å². The molecule has 126 valence electrons. The van der Waals surface area contributed by atoms with E-state index in [0.717, 1.165) is 25.7 Å². The van der Waals surface area contributed by atoms with Crippen molar-refractivity contribution in [1.82, 2.24) is 4.90 Å². The van der Waals surface area contributed by atoms with E-state index in [1.54, 1.807) is 11.0 Å². The van der Waals surface area contributed by atoms with Crippen LogP contribution < -0.4 is 0 Å². The summed E-state index contributed by atoms with van der Waals surface area (Å²) < 4.78 is 14.0. The van der Waals surface area contributed by atoms with Gasteiger partial charge in [0, 0.05) is 13.1 Å². The molecule has 0 atom stereocenters.